The Morgan fingerprint density at radius 2 is 2.05 bits per heavy atom. The lowest BCUT2D eigenvalue weighted by Crippen LogP contribution is -2.42. The van der Waals surface area contributed by atoms with Crippen molar-refractivity contribution < 1.29 is 18.3 Å². The Morgan fingerprint density at radius 3 is 2.77 bits per heavy atom. The van der Waals surface area contributed by atoms with Crippen LogP contribution in [-0.2, 0) is 6.54 Å². The minimum atomic E-state index is -2.50. The zero-order chi connectivity index (χ0) is 15.8. The number of amides is 2. The van der Waals surface area contributed by atoms with Gasteiger partial charge in [-0.3, -0.25) is 0 Å². The minimum Gasteiger partial charge on any atom is -0.488 e. The molecule has 22 heavy (non-hydrogen) atoms. The predicted molar refractivity (Wildman–Crippen MR) is 80.2 cm³/mol. The molecule has 122 valence electrons. The molecule has 0 aromatic heterocycles. The van der Waals surface area contributed by atoms with Crippen molar-refractivity contribution in [1.82, 2.24) is 10.6 Å². The van der Waals surface area contributed by atoms with E-state index in [2.05, 4.69) is 10.6 Å². The molecule has 0 bridgehead atoms. The molecule has 1 aromatic rings. The maximum absolute atomic E-state index is 12.1. The Kier molecular flexibility index (Phi) is 6.43. The van der Waals surface area contributed by atoms with Crippen LogP contribution in [0.25, 0.3) is 0 Å². The van der Waals surface area contributed by atoms with E-state index in [4.69, 9.17) is 4.74 Å². The number of benzene rings is 1. The molecule has 0 unspecified atom stereocenters. The van der Waals surface area contributed by atoms with Gasteiger partial charge in [-0.15, -0.1) is 0 Å². The molecular formula is C16H22F2N2O2. The summed E-state index contributed by atoms with van der Waals surface area (Å²) in [6, 6.07) is 6.88. The fraction of sp³-hybridized carbons (Fsp3) is 0.562. The maximum Gasteiger partial charge on any atom is 0.315 e. The number of hydrogen-bond acceptors (Lipinski definition) is 2. The van der Waals surface area contributed by atoms with Gasteiger partial charge in [-0.1, -0.05) is 31.4 Å². The molecule has 1 fully saturated rings. The van der Waals surface area contributed by atoms with E-state index in [9.17, 15) is 13.6 Å². The van der Waals surface area contributed by atoms with Gasteiger partial charge in [-0.25, -0.2) is 13.6 Å². The first kappa shape index (κ1) is 16.5. The topological polar surface area (TPSA) is 50.4 Å². The highest BCUT2D eigenvalue weighted by molar-refractivity contribution is 5.74. The molecule has 0 spiro atoms. The number of carbonyl (C=O) groups is 1. The molecule has 0 aliphatic heterocycles. The van der Waals surface area contributed by atoms with Crippen molar-refractivity contribution in [2.45, 2.75) is 51.1 Å². The molecule has 4 nitrogen and oxygen atoms in total. The van der Waals surface area contributed by atoms with E-state index in [1.54, 1.807) is 18.2 Å². The number of ether oxygens (including phenoxy) is 1. The lowest BCUT2D eigenvalue weighted by Gasteiger charge is -2.22. The summed E-state index contributed by atoms with van der Waals surface area (Å²) in [7, 11) is 0. The quantitative estimate of drug-likeness (QED) is 0.845. The van der Waals surface area contributed by atoms with Gasteiger partial charge in [0.2, 0.25) is 0 Å². The number of hydrogen-bond donors (Lipinski definition) is 2. The fourth-order valence-corrected chi connectivity index (χ4v) is 2.57. The van der Waals surface area contributed by atoms with Crippen LogP contribution < -0.4 is 15.4 Å². The summed E-state index contributed by atoms with van der Waals surface area (Å²) in [5.74, 6) is 0.382. The standard InChI is InChI=1S/C16H22F2N2O2/c17-15(18)11-22-14-8-4-5-12(9-14)10-19-16(21)20-13-6-2-1-3-7-13/h4-5,8-9,13,15H,1-3,6-7,10-11H2,(H2,19,20,21). The summed E-state index contributed by atoms with van der Waals surface area (Å²) in [6.45, 7) is -0.288. The highest BCUT2D eigenvalue weighted by Crippen LogP contribution is 2.17. The van der Waals surface area contributed by atoms with Crippen molar-refractivity contribution in [2.24, 2.45) is 0 Å². The predicted octanol–water partition coefficient (Wildman–Crippen LogP) is 3.46. The van der Waals surface area contributed by atoms with E-state index in [1.807, 2.05) is 6.07 Å². The van der Waals surface area contributed by atoms with Crippen LogP contribution in [0.4, 0.5) is 13.6 Å². The molecule has 2 amide bonds. The number of alkyl halides is 2. The summed E-state index contributed by atoms with van der Waals surface area (Å²) in [5, 5.41) is 5.75. The minimum absolute atomic E-state index is 0.189. The van der Waals surface area contributed by atoms with Crippen molar-refractivity contribution in [2.75, 3.05) is 6.61 Å². The lowest BCUT2D eigenvalue weighted by molar-refractivity contribution is 0.0818. The molecule has 0 atom stereocenters. The SMILES string of the molecule is O=C(NCc1cccc(OCC(F)F)c1)NC1CCCCC1. The van der Waals surface area contributed by atoms with Crippen LogP contribution in [0, 0.1) is 0 Å². The van der Waals surface area contributed by atoms with Crippen LogP contribution in [0.5, 0.6) is 5.75 Å². The van der Waals surface area contributed by atoms with Gasteiger partial charge in [0.05, 0.1) is 0 Å². The van der Waals surface area contributed by atoms with E-state index >= 15 is 0 Å². The second-order valence-corrected chi connectivity index (χ2v) is 5.51. The molecule has 0 radical (unpaired) electrons. The average molecular weight is 312 g/mol. The third-order valence-electron chi connectivity index (χ3n) is 3.67. The molecular weight excluding hydrogens is 290 g/mol. The first-order chi connectivity index (χ1) is 10.6. The van der Waals surface area contributed by atoms with Gasteiger partial charge in [0.15, 0.2) is 0 Å². The fourth-order valence-electron chi connectivity index (χ4n) is 2.57. The third kappa shape index (κ3) is 5.87. The van der Waals surface area contributed by atoms with Gasteiger partial charge in [-0.05, 0) is 30.5 Å². The van der Waals surface area contributed by atoms with Crippen molar-refractivity contribution >= 4 is 6.03 Å². The normalized spacial score (nSPS) is 15.6. The summed E-state index contributed by atoms with van der Waals surface area (Å²) < 4.78 is 29.2. The number of nitrogens with one attached hydrogen (secondary N) is 2. The Labute approximate surface area is 129 Å². The van der Waals surface area contributed by atoms with Crippen LogP contribution in [-0.4, -0.2) is 25.1 Å². The second-order valence-electron chi connectivity index (χ2n) is 5.51. The monoisotopic (exact) mass is 312 g/mol. The van der Waals surface area contributed by atoms with Gasteiger partial charge < -0.3 is 15.4 Å². The third-order valence-corrected chi connectivity index (χ3v) is 3.67. The summed E-state index contributed by atoms with van der Waals surface area (Å²) in [6.07, 6.45) is 3.13. The second kappa shape index (κ2) is 8.56. The first-order valence-electron chi connectivity index (χ1n) is 7.68. The van der Waals surface area contributed by atoms with E-state index in [0.717, 1.165) is 31.2 Å². The average Bonchev–Trinajstić information content (AvgIpc) is 2.52. The van der Waals surface area contributed by atoms with Crippen LogP contribution in [0.1, 0.15) is 37.7 Å². The van der Waals surface area contributed by atoms with Gasteiger partial charge in [0.1, 0.15) is 12.4 Å². The van der Waals surface area contributed by atoms with Crippen molar-refractivity contribution in [3.63, 3.8) is 0 Å². The lowest BCUT2D eigenvalue weighted by atomic mass is 9.96. The number of rotatable bonds is 6. The molecule has 1 aliphatic carbocycles. The Bertz CT molecular complexity index is 477. The van der Waals surface area contributed by atoms with Crippen LogP contribution >= 0.6 is 0 Å². The van der Waals surface area contributed by atoms with Gasteiger partial charge in [0, 0.05) is 12.6 Å². The summed E-state index contributed by atoms with van der Waals surface area (Å²) in [4.78, 5) is 11.8. The van der Waals surface area contributed by atoms with Crippen LogP contribution in [0.2, 0.25) is 0 Å². The number of halogens is 2. The van der Waals surface area contributed by atoms with Gasteiger partial charge in [0.25, 0.3) is 6.43 Å². The van der Waals surface area contributed by atoms with Crippen molar-refractivity contribution in [3.8, 4) is 5.75 Å². The Hall–Kier alpha value is -1.85. The largest absolute Gasteiger partial charge is 0.488 e. The summed E-state index contributed by atoms with van der Waals surface area (Å²) >= 11 is 0. The number of urea groups is 1. The van der Waals surface area contributed by atoms with Crippen molar-refractivity contribution in [1.29, 1.82) is 0 Å². The maximum atomic E-state index is 12.1. The van der Waals surface area contributed by atoms with Gasteiger partial charge >= 0.3 is 6.03 Å². The molecule has 1 aromatic carbocycles. The zero-order valence-corrected chi connectivity index (χ0v) is 12.5. The highest BCUT2D eigenvalue weighted by atomic mass is 19.3. The van der Waals surface area contributed by atoms with E-state index in [1.165, 1.54) is 6.42 Å². The molecule has 1 aliphatic rings. The molecule has 2 rings (SSSR count). The first-order valence-corrected chi connectivity index (χ1v) is 7.68. The molecule has 0 saturated heterocycles. The summed E-state index contributed by atoms with van der Waals surface area (Å²) in [5.41, 5.74) is 0.811. The molecule has 6 heteroatoms. The molecule has 2 N–H and O–H groups in total. The highest BCUT2D eigenvalue weighted by Gasteiger charge is 2.15. The van der Waals surface area contributed by atoms with Crippen molar-refractivity contribution in [3.05, 3.63) is 29.8 Å². The zero-order valence-electron chi connectivity index (χ0n) is 12.5. The molecule has 1 saturated carbocycles. The Balaban J connectivity index is 1.75. The molecule has 0 heterocycles. The van der Waals surface area contributed by atoms with Gasteiger partial charge in [-0.2, -0.15) is 0 Å². The van der Waals surface area contributed by atoms with E-state index in [-0.39, 0.29) is 12.1 Å². The van der Waals surface area contributed by atoms with Crippen LogP contribution in [0.15, 0.2) is 24.3 Å². The smallest absolute Gasteiger partial charge is 0.315 e. The Morgan fingerprint density at radius 1 is 1.27 bits per heavy atom. The van der Waals surface area contributed by atoms with E-state index in [0.29, 0.717) is 12.3 Å². The number of carbonyl (C=O) groups excluding carboxylic acids is 1. The van der Waals surface area contributed by atoms with Crippen LogP contribution in [0.3, 0.4) is 0 Å². The van der Waals surface area contributed by atoms with E-state index < -0.39 is 13.0 Å².